The van der Waals surface area contributed by atoms with Crippen LogP contribution >= 0.6 is 0 Å². The Morgan fingerprint density at radius 2 is 0.804 bits per heavy atom. The van der Waals surface area contributed by atoms with Crippen LogP contribution in [0.1, 0.15) is 153 Å². The summed E-state index contributed by atoms with van der Waals surface area (Å²) in [6, 6.07) is 19.5. The van der Waals surface area contributed by atoms with Crippen molar-refractivity contribution in [3.05, 3.63) is 83.9 Å². The molecule has 0 amide bonds. The molecular weight excluding hydrogens is 807 g/mol. The Balaban J connectivity index is 0.000000842. The number of nitrogens with two attached hydrogens (primary N) is 1. The minimum atomic E-state index is -4.10. The summed E-state index contributed by atoms with van der Waals surface area (Å²) in [6.45, 7) is 4.47. The average Bonchev–Trinajstić information content (AvgIpc) is 3.17. The zero-order valence-corrected chi connectivity index (χ0v) is 37.5. The molecule has 0 saturated heterocycles. The predicted octanol–water partition coefficient (Wildman–Crippen LogP) is 11.2. The van der Waals surface area contributed by atoms with E-state index in [4.69, 9.17) is 9.06 Å². The van der Waals surface area contributed by atoms with E-state index in [1.165, 1.54) is 127 Å². The topological polar surface area (TPSA) is 192 Å². The number of nitrogen functional groups attached to an aromatic ring is 1. The van der Waals surface area contributed by atoms with Gasteiger partial charge in [-0.2, -0.15) is 16.8 Å². The van der Waals surface area contributed by atoms with Crippen LogP contribution in [0.25, 0.3) is 0 Å². The van der Waals surface area contributed by atoms with Gasteiger partial charge in [0.1, 0.15) is 0 Å². The first kappa shape index (κ1) is 53.9. The summed E-state index contributed by atoms with van der Waals surface area (Å²) in [7, 11) is -8.19. The van der Waals surface area contributed by atoms with Crippen LogP contribution in [-0.4, -0.2) is 34.7 Å². The van der Waals surface area contributed by atoms with Crippen molar-refractivity contribution in [3.63, 3.8) is 0 Å². The third-order valence-corrected chi connectivity index (χ3v) is 11.7. The number of aryl methyl sites for hydroxylation is 2. The van der Waals surface area contributed by atoms with Crippen LogP contribution in [0, 0.1) is 0 Å². The maximum absolute atomic E-state index is 11.3. The number of unbranched alkanes of at least 4 members (excludes halogenated alkanes) is 18. The molecule has 0 aromatic heterocycles. The van der Waals surface area contributed by atoms with E-state index in [0.717, 1.165) is 57.2 Å². The first-order valence-corrected chi connectivity index (χ1v) is 24.7. The van der Waals surface area contributed by atoms with Crippen LogP contribution in [0.4, 0.5) is 5.69 Å². The van der Waals surface area contributed by atoms with Crippen LogP contribution in [0.15, 0.2) is 87.5 Å². The van der Waals surface area contributed by atoms with Gasteiger partial charge in [0, 0.05) is 10.6 Å². The van der Waals surface area contributed by atoms with E-state index in [1.807, 2.05) is 12.1 Å². The quantitative estimate of drug-likeness (QED) is 0.0243. The Hall–Kier alpha value is -2.10. The van der Waals surface area contributed by atoms with Crippen molar-refractivity contribution >= 4 is 37.0 Å². The first-order valence-electron chi connectivity index (χ1n) is 20.1. The van der Waals surface area contributed by atoms with Crippen LogP contribution in [0.2, 0.25) is 0 Å². The van der Waals surface area contributed by atoms with Crippen LogP contribution in [0.3, 0.4) is 0 Å². The number of anilines is 1. The standard InChI is InChI=1S/2C18H30O3S.C6H7NO2S.O.Ti/c2*1-2-3-4-5-6-7-8-9-10-11-14-17-15-12-13-16-18(17)22(19,20)21;7-5-1-3-6(4-2-5)10(8)9;;/h2*12-13,15-16H,2-11,14H2,1H3,(H,19,20,21);1-4H,7H2,(H,8,9);;/q;;;;+1/p-1. The van der Waals surface area contributed by atoms with Crippen molar-refractivity contribution in [1.29, 1.82) is 0 Å². The molecule has 3 rings (SSSR count). The fraction of sp³-hybridized carbons (Fsp3) is 0.571. The van der Waals surface area contributed by atoms with Crippen molar-refractivity contribution in [2.75, 3.05) is 5.73 Å². The summed E-state index contributed by atoms with van der Waals surface area (Å²) in [5.41, 5.74) is 7.34. The molecular formula is C42H66NO9S3Ti. The fourth-order valence-corrected chi connectivity index (χ4v) is 7.97. The van der Waals surface area contributed by atoms with Crippen LogP contribution in [0.5, 0.6) is 0 Å². The second-order valence-electron chi connectivity index (χ2n) is 13.8. The monoisotopic (exact) mass is 872 g/mol. The predicted molar refractivity (Wildman–Crippen MR) is 222 cm³/mol. The van der Waals surface area contributed by atoms with Gasteiger partial charge in [0.25, 0.3) is 20.2 Å². The molecule has 10 nitrogen and oxygen atoms in total. The van der Waals surface area contributed by atoms with Gasteiger partial charge in [0.05, 0.1) is 9.79 Å². The molecule has 0 aliphatic carbocycles. The number of benzene rings is 3. The van der Waals surface area contributed by atoms with E-state index in [-0.39, 0.29) is 14.7 Å². The SMILES string of the molecule is CCCCCCCCCCCCc1ccccc1S(=O)(=O)O.CCCCCCCCCCCCc1ccccc1S(=O)(=O)O.Nc1ccc(S(=O)[O-])cc1.[O]=[Ti+]. The van der Waals surface area contributed by atoms with E-state index in [0.29, 0.717) is 18.5 Å². The zero-order valence-electron chi connectivity index (χ0n) is 33.5. The summed E-state index contributed by atoms with van der Waals surface area (Å²) in [6.07, 6.45) is 26.6. The summed E-state index contributed by atoms with van der Waals surface area (Å²) < 4.78 is 92.4. The number of rotatable bonds is 25. The van der Waals surface area contributed by atoms with Gasteiger partial charge in [-0.15, -0.1) is 0 Å². The molecule has 1 atom stereocenters. The van der Waals surface area contributed by atoms with Crippen LogP contribution < -0.4 is 5.73 Å². The normalized spacial score (nSPS) is 11.6. The van der Waals surface area contributed by atoms with Gasteiger partial charge < -0.3 is 10.3 Å². The van der Waals surface area contributed by atoms with Gasteiger partial charge in [-0.1, -0.05) is 166 Å². The molecule has 3 aromatic rings. The molecule has 0 radical (unpaired) electrons. The molecule has 0 saturated carbocycles. The van der Waals surface area contributed by atoms with Crippen molar-refractivity contribution in [3.8, 4) is 0 Å². The van der Waals surface area contributed by atoms with Gasteiger partial charge >= 0.3 is 23.7 Å². The molecule has 56 heavy (non-hydrogen) atoms. The molecule has 0 aliphatic heterocycles. The van der Waals surface area contributed by atoms with Gasteiger partial charge in [-0.05, 0) is 84.3 Å². The van der Waals surface area contributed by atoms with E-state index < -0.39 is 31.3 Å². The Kier molecular flexibility index (Phi) is 32.6. The Morgan fingerprint density at radius 1 is 0.518 bits per heavy atom. The van der Waals surface area contributed by atoms with Crippen molar-refractivity contribution < 1.29 is 58.4 Å². The Labute approximate surface area is 352 Å². The minimum absolute atomic E-state index is 0.0610. The first-order chi connectivity index (χ1) is 26.8. The molecule has 3 aromatic carbocycles. The van der Waals surface area contributed by atoms with E-state index in [2.05, 4.69) is 13.8 Å². The Bertz CT molecular complexity index is 1580. The molecule has 1 unspecified atom stereocenters. The third kappa shape index (κ3) is 27.5. The van der Waals surface area contributed by atoms with Gasteiger partial charge in [0.2, 0.25) is 0 Å². The molecule has 0 heterocycles. The second kappa shape index (κ2) is 33.8. The van der Waals surface area contributed by atoms with Gasteiger partial charge in [0.15, 0.2) is 0 Å². The zero-order chi connectivity index (χ0) is 42.1. The van der Waals surface area contributed by atoms with Crippen molar-refractivity contribution in [2.24, 2.45) is 0 Å². The molecule has 14 heteroatoms. The maximum atomic E-state index is 11.3. The van der Waals surface area contributed by atoms with E-state index in [1.54, 1.807) is 36.4 Å². The summed E-state index contributed by atoms with van der Waals surface area (Å²) >= 11 is -1.39. The molecule has 0 spiro atoms. The summed E-state index contributed by atoms with van der Waals surface area (Å²) in [5.74, 6) is 0. The van der Waals surface area contributed by atoms with Crippen molar-refractivity contribution in [2.45, 2.75) is 170 Å². The third-order valence-electron chi connectivity index (χ3n) is 9.17. The van der Waals surface area contributed by atoms with E-state index >= 15 is 0 Å². The van der Waals surface area contributed by atoms with Crippen LogP contribution in [-0.2, 0) is 67.9 Å². The summed E-state index contributed by atoms with van der Waals surface area (Å²) in [4.78, 5) is 0.381. The van der Waals surface area contributed by atoms with Crippen molar-refractivity contribution in [1.82, 2.24) is 0 Å². The van der Waals surface area contributed by atoms with Gasteiger partial charge in [-0.3, -0.25) is 13.3 Å². The summed E-state index contributed by atoms with van der Waals surface area (Å²) in [5, 5.41) is 0. The molecule has 0 bridgehead atoms. The van der Waals surface area contributed by atoms with E-state index in [9.17, 15) is 34.7 Å². The fourth-order valence-electron chi connectivity index (χ4n) is 6.11. The molecule has 4 N–H and O–H groups in total. The second-order valence-corrected chi connectivity index (χ2v) is 17.6. The molecule has 0 fully saturated rings. The average molecular weight is 873 g/mol. The van der Waals surface area contributed by atoms with Gasteiger partial charge in [-0.25, -0.2) is 0 Å². The molecule has 315 valence electrons. The Morgan fingerprint density at radius 3 is 1.09 bits per heavy atom. The number of hydrogen-bond donors (Lipinski definition) is 3. The molecule has 0 aliphatic rings. The number of hydrogen-bond acceptors (Lipinski definition) is 8.